The Morgan fingerprint density at radius 2 is 1.72 bits per heavy atom. The van der Waals surface area contributed by atoms with Gasteiger partial charge in [0.15, 0.2) is 5.13 Å². The quantitative estimate of drug-likeness (QED) is 0.645. The second-order valence-corrected chi connectivity index (χ2v) is 6.80. The molecule has 0 spiro atoms. The van der Waals surface area contributed by atoms with Crippen LogP contribution in [-0.4, -0.2) is 16.0 Å². The van der Waals surface area contributed by atoms with Crippen molar-refractivity contribution < 1.29 is 13.2 Å². The van der Waals surface area contributed by atoms with E-state index in [1.807, 2.05) is 13.8 Å². The lowest BCUT2D eigenvalue weighted by Gasteiger charge is -2.14. The highest BCUT2D eigenvalue weighted by Gasteiger charge is 2.34. The molecule has 3 rings (SSSR count). The van der Waals surface area contributed by atoms with E-state index in [1.165, 1.54) is 29.7 Å². The number of nitrogens with zero attached hydrogens (tertiary/aromatic N) is 2. The third kappa shape index (κ3) is 3.82. The fourth-order valence-electron chi connectivity index (χ4n) is 2.47. The molecule has 7 heteroatoms. The van der Waals surface area contributed by atoms with E-state index in [0.29, 0.717) is 11.3 Å². The molecule has 0 fully saturated rings. The molecule has 130 valence electrons. The van der Waals surface area contributed by atoms with Gasteiger partial charge in [-0.3, -0.25) is 4.98 Å². The number of hydrogen-bond acceptors (Lipinski definition) is 4. The van der Waals surface area contributed by atoms with Crippen molar-refractivity contribution in [3.05, 3.63) is 54.4 Å². The maximum Gasteiger partial charge on any atom is 0.417 e. The van der Waals surface area contributed by atoms with Crippen molar-refractivity contribution in [3.8, 4) is 21.7 Å². The molecule has 0 radical (unpaired) electrons. The fourth-order valence-corrected chi connectivity index (χ4v) is 3.46. The molecule has 3 aromatic rings. The third-order valence-corrected chi connectivity index (χ3v) is 4.44. The van der Waals surface area contributed by atoms with E-state index >= 15 is 0 Å². The highest BCUT2D eigenvalue weighted by Crippen LogP contribution is 2.41. The fraction of sp³-hybridized carbons (Fsp3) is 0.222. The van der Waals surface area contributed by atoms with E-state index in [4.69, 9.17) is 0 Å². The van der Waals surface area contributed by atoms with E-state index in [2.05, 4.69) is 15.3 Å². The third-order valence-electron chi connectivity index (χ3n) is 3.48. The van der Waals surface area contributed by atoms with Gasteiger partial charge in [-0.1, -0.05) is 29.5 Å². The molecule has 0 saturated carbocycles. The van der Waals surface area contributed by atoms with Gasteiger partial charge in [0.1, 0.15) is 0 Å². The number of nitrogens with one attached hydrogen (secondary N) is 1. The summed E-state index contributed by atoms with van der Waals surface area (Å²) >= 11 is 1.39. The Bertz CT molecular complexity index is 872. The van der Waals surface area contributed by atoms with Crippen LogP contribution in [0.25, 0.3) is 21.7 Å². The van der Waals surface area contributed by atoms with Crippen LogP contribution < -0.4 is 5.32 Å². The van der Waals surface area contributed by atoms with Gasteiger partial charge in [0.25, 0.3) is 0 Å². The number of rotatable bonds is 4. The lowest BCUT2D eigenvalue weighted by molar-refractivity contribution is -0.137. The number of hydrogen-bond donors (Lipinski definition) is 1. The molecule has 0 aliphatic rings. The van der Waals surface area contributed by atoms with Crippen molar-refractivity contribution in [1.82, 2.24) is 9.97 Å². The van der Waals surface area contributed by atoms with Gasteiger partial charge in [-0.05, 0) is 32.0 Å². The van der Waals surface area contributed by atoms with Gasteiger partial charge in [0, 0.05) is 29.6 Å². The van der Waals surface area contributed by atoms with E-state index in [-0.39, 0.29) is 11.6 Å². The van der Waals surface area contributed by atoms with E-state index in [0.717, 1.165) is 16.1 Å². The Labute approximate surface area is 147 Å². The van der Waals surface area contributed by atoms with Gasteiger partial charge in [-0.15, -0.1) is 0 Å². The first kappa shape index (κ1) is 17.4. The van der Waals surface area contributed by atoms with Crippen LogP contribution in [0.1, 0.15) is 19.4 Å². The summed E-state index contributed by atoms with van der Waals surface area (Å²) in [7, 11) is 0. The maximum atomic E-state index is 13.4. The smallest absolute Gasteiger partial charge is 0.359 e. The van der Waals surface area contributed by atoms with Crippen molar-refractivity contribution in [1.29, 1.82) is 0 Å². The molecule has 0 aliphatic carbocycles. The van der Waals surface area contributed by atoms with Crippen LogP contribution >= 0.6 is 11.3 Å². The summed E-state index contributed by atoms with van der Waals surface area (Å²) in [6.07, 6.45) is -1.28. The molecule has 0 unspecified atom stereocenters. The first-order valence-electron chi connectivity index (χ1n) is 7.70. The molecule has 3 nitrogen and oxygen atoms in total. The number of halogens is 3. The number of anilines is 1. The first-order valence-corrected chi connectivity index (χ1v) is 8.52. The van der Waals surface area contributed by atoms with Crippen molar-refractivity contribution in [3.63, 3.8) is 0 Å². The summed E-state index contributed by atoms with van der Waals surface area (Å²) in [6, 6.07) is 9.19. The van der Waals surface area contributed by atoms with Crippen LogP contribution in [0.5, 0.6) is 0 Å². The summed E-state index contributed by atoms with van der Waals surface area (Å²) in [5, 5.41) is 3.92. The molecule has 0 aliphatic heterocycles. The van der Waals surface area contributed by atoms with E-state index in [9.17, 15) is 13.2 Å². The van der Waals surface area contributed by atoms with Crippen LogP contribution in [0.15, 0.2) is 48.8 Å². The van der Waals surface area contributed by atoms with Gasteiger partial charge in [0.2, 0.25) is 0 Å². The minimum atomic E-state index is -4.44. The number of alkyl halides is 3. The van der Waals surface area contributed by atoms with Crippen LogP contribution in [0, 0.1) is 0 Å². The molecule has 0 atom stereocenters. The van der Waals surface area contributed by atoms with Crippen molar-refractivity contribution >= 4 is 16.5 Å². The molecular formula is C18H16F3N3S. The van der Waals surface area contributed by atoms with Crippen LogP contribution in [0.3, 0.4) is 0 Å². The minimum absolute atomic E-state index is 0.0670. The molecule has 25 heavy (non-hydrogen) atoms. The van der Waals surface area contributed by atoms with Gasteiger partial charge < -0.3 is 5.32 Å². The van der Waals surface area contributed by atoms with Gasteiger partial charge in [-0.2, -0.15) is 13.2 Å². The summed E-state index contributed by atoms with van der Waals surface area (Å²) in [5.41, 5.74) is 0.307. The van der Waals surface area contributed by atoms with Crippen LogP contribution in [-0.2, 0) is 6.18 Å². The van der Waals surface area contributed by atoms with Crippen LogP contribution in [0.4, 0.5) is 18.3 Å². The standard InChI is InChI=1S/C18H16F3N3S/c1-11(2)24-17-23-10-15(25-17)13-7-5-9-22-16(13)12-6-3-4-8-14(12)18(19,20)21/h3-11H,1-2H3,(H,23,24). The summed E-state index contributed by atoms with van der Waals surface area (Å²) < 4.78 is 40.1. The topological polar surface area (TPSA) is 37.8 Å². The lowest BCUT2D eigenvalue weighted by atomic mass is 9.99. The van der Waals surface area contributed by atoms with Gasteiger partial charge in [0.05, 0.1) is 16.1 Å². The van der Waals surface area contributed by atoms with E-state index in [1.54, 1.807) is 24.4 Å². The van der Waals surface area contributed by atoms with Crippen molar-refractivity contribution in [2.24, 2.45) is 0 Å². The Morgan fingerprint density at radius 1 is 1.00 bits per heavy atom. The average molecular weight is 363 g/mol. The predicted octanol–water partition coefficient (Wildman–Crippen LogP) is 5.71. The minimum Gasteiger partial charge on any atom is -0.359 e. The lowest BCUT2D eigenvalue weighted by Crippen LogP contribution is -2.08. The van der Waals surface area contributed by atoms with Gasteiger partial charge >= 0.3 is 6.18 Å². The largest absolute Gasteiger partial charge is 0.417 e. The molecule has 0 bridgehead atoms. The SMILES string of the molecule is CC(C)Nc1ncc(-c2cccnc2-c2ccccc2C(F)(F)F)s1. The highest BCUT2D eigenvalue weighted by atomic mass is 32.1. The van der Waals surface area contributed by atoms with Crippen molar-refractivity contribution in [2.45, 2.75) is 26.1 Å². The summed E-state index contributed by atoms with van der Waals surface area (Å²) in [6.45, 7) is 3.99. The van der Waals surface area contributed by atoms with Gasteiger partial charge in [-0.25, -0.2) is 4.98 Å². The number of pyridine rings is 1. The molecule has 0 saturated heterocycles. The Hall–Kier alpha value is -2.41. The Balaban J connectivity index is 2.11. The number of benzene rings is 1. The average Bonchev–Trinajstić information content (AvgIpc) is 3.01. The molecule has 1 aromatic carbocycles. The zero-order chi connectivity index (χ0) is 18.0. The molecule has 2 heterocycles. The summed E-state index contributed by atoms with van der Waals surface area (Å²) in [4.78, 5) is 9.29. The zero-order valence-electron chi connectivity index (χ0n) is 13.6. The number of thiazole rings is 1. The molecule has 0 amide bonds. The first-order chi connectivity index (χ1) is 11.9. The Morgan fingerprint density at radius 3 is 2.44 bits per heavy atom. The summed E-state index contributed by atoms with van der Waals surface area (Å²) in [5.74, 6) is 0. The van der Waals surface area contributed by atoms with Crippen LogP contribution in [0.2, 0.25) is 0 Å². The molecule has 1 N–H and O–H groups in total. The second kappa shape index (κ2) is 6.84. The normalized spacial score (nSPS) is 11.8. The monoisotopic (exact) mass is 363 g/mol. The highest BCUT2D eigenvalue weighted by molar-refractivity contribution is 7.18. The maximum absolute atomic E-state index is 13.4. The molecular weight excluding hydrogens is 347 g/mol. The zero-order valence-corrected chi connectivity index (χ0v) is 14.4. The Kier molecular flexibility index (Phi) is 4.76. The molecule has 2 aromatic heterocycles. The predicted molar refractivity (Wildman–Crippen MR) is 94.5 cm³/mol. The van der Waals surface area contributed by atoms with Crippen molar-refractivity contribution in [2.75, 3.05) is 5.32 Å². The second-order valence-electron chi connectivity index (χ2n) is 5.77. The van der Waals surface area contributed by atoms with E-state index < -0.39 is 11.7 Å². The number of aromatic nitrogens is 2.